The maximum Gasteiger partial charge on any atom is 0.335 e. The third-order valence-electron chi connectivity index (χ3n) is 2.24. The Hall–Kier alpha value is -1.40. The summed E-state index contributed by atoms with van der Waals surface area (Å²) in [6.07, 6.45) is 0. The lowest BCUT2D eigenvalue weighted by molar-refractivity contribution is 0.0696. The van der Waals surface area contributed by atoms with Gasteiger partial charge in [-0.3, -0.25) is 0 Å². The van der Waals surface area contributed by atoms with Crippen molar-refractivity contribution in [2.75, 3.05) is 0 Å². The number of hydrogen-bond donors (Lipinski definition) is 2. The van der Waals surface area contributed by atoms with E-state index in [9.17, 15) is 13.2 Å². The Morgan fingerprint density at radius 2 is 1.83 bits per heavy atom. The van der Waals surface area contributed by atoms with E-state index in [-0.39, 0.29) is 16.0 Å². The molecule has 1 aromatic carbocycles. The SMILES string of the molecule is Cc1c(C(=O)O)cccc1S(=O)(=O)NC(C)(C)C. The third-order valence-corrected chi connectivity index (χ3v) is 4.15. The molecule has 0 amide bonds. The molecule has 0 aliphatic rings. The Bertz CT molecular complexity index is 570. The van der Waals surface area contributed by atoms with Crippen LogP contribution < -0.4 is 4.72 Å². The zero-order valence-electron chi connectivity index (χ0n) is 10.8. The van der Waals surface area contributed by atoms with Crippen LogP contribution in [0.3, 0.4) is 0 Å². The zero-order chi connectivity index (χ0) is 14.1. The van der Waals surface area contributed by atoms with E-state index >= 15 is 0 Å². The van der Waals surface area contributed by atoms with Gasteiger partial charge in [0, 0.05) is 5.54 Å². The minimum absolute atomic E-state index is 0.00248. The molecule has 0 bridgehead atoms. The van der Waals surface area contributed by atoms with Gasteiger partial charge in [0.2, 0.25) is 10.0 Å². The molecular weight excluding hydrogens is 254 g/mol. The summed E-state index contributed by atoms with van der Waals surface area (Å²) < 4.78 is 26.8. The molecule has 0 radical (unpaired) electrons. The predicted octanol–water partition coefficient (Wildman–Crippen LogP) is 1.77. The molecule has 0 aliphatic carbocycles. The summed E-state index contributed by atoms with van der Waals surface area (Å²) in [6, 6.07) is 4.21. The van der Waals surface area contributed by atoms with Gasteiger partial charge in [0.1, 0.15) is 0 Å². The molecule has 0 atom stereocenters. The molecule has 0 fully saturated rings. The maximum atomic E-state index is 12.1. The van der Waals surface area contributed by atoms with Crippen molar-refractivity contribution in [3.05, 3.63) is 29.3 Å². The van der Waals surface area contributed by atoms with Crippen LogP contribution >= 0.6 is 0 Å². The average Bonchev–Trinajstić information content (AvgIpc) is 2.13. The van der Waals surface area contributed by atoms with Crippen LogP contribution in [0.4, 0.5) is 0 Å². The number of carboxylic acids is 1. The third kappa shape index (κ3) is 3.30. The van der Waals surface area contributed by atoms with Gasteiger partial charge in [0.15, 0.2) is 0 Å². The van der Waals surface area contributed by atoms with Crippen LogP contribution in [-0.4, -0.2) is 25.0 Å². The normalized spacial score (nSPS) is 12.4. The second-order valence-corrected chi connectivity index (χ2v) is 6.74. The summed E-state index contributed by atoms with van der Waals surface area (Å²) in [5, 5.41) is 8.97. The van der Waals surface area contributed by atoms with Crippen LogP contribution in [0.25, 0.3) is 0 Å². The topological polar surface area (TPSA) is 83.5 Å². The number of carboxylic acid groups (broad SMARTS) is 1. The smallest absolute Gasteiger partial charge is 0.335 e. The Morgan fingerprint density at radius 3 is 2.28 bits per heavy atom. The van der Waals surface area contributed by atoms with Crippen LogP contribution in [0.5, 0.6) is 0 Å². The molecule has 0 aromatic heterocycles. The van der Waals surface area contributed by atoms with Crippen molar-refractivity contribution in [1.82, 2.24) is 4.72 Å². The predicted molar refractivity (Wildman–Crippen MR) is 68.2 cm³/mol. The van der Waals surface area contributed by atoms with E-state index in [1.54, 1.807) is 20.8 Å². The second-order valence-electron chi connectivity index (χ2n) is 5.09. The highest BCUT2D eigenvalue weighted by Gasteiger charge is 2.25. The lowest BCUT2D eigenvalue weighted by Crippen LogP contribution is -2.40. The Morgan fingerprint density at radius 1 is 1.28 bits per heavy atom. The number of carbonyl (C=O) groups is 1. The first kappa shape index (κ1) is 14.7. The Labute approximate surface area is 107 Å². The van der Waals surface area contributed by atoms with Gasteiger partial charge >= 0.3 is 5.97 Å². The number of hydrogen-bond acceptors (Lipinski definition) is 3. The molecule has 6 heteroatoms. The van der Waals surface area contributed by atoms with E-state index in [4.69, 9.17) is 5.11 Å². The van der Waals surface area contributed by atoms with E-state index in [0.29, 0.717) is 0 Å². The molecule has 0 saturated carbocycles. The molecule has 18 heavy (non-hydrogen) atoms. The summed E-state index contributed by atoms with van der Waals surface area (Å²) in [7, 11) is -3.72. The summed E-state index contributed by atoms with van der Waals surface area (Å²) in [5.74, 6) is -1.14. The van der Waals surface area contributed by atoms with Crippen LogP contribution in [0.1, 0.15) is 36.7 Å². The molecule has 0 saturated heterocycles. The quantitative estimate of drug-likeness (QED) is 0.877. The second kappa shape index (κ2) is 4.70. The van der Waals surface area contributed by atoms with E-state index in [0.717, 1.165) is 0 Å². The molecule has 1 rings (SSSR count). The van der Waals surface area contributed by atoms with Gasteiger partial charge in [-0.1, -0.05) is 6.07 Å². The average molecular weight is 271 g/mol. The van der Waals surface area contributed by atoms with Crippen molar-refractivity contribution < 1.29 is 18.3 Å². The monoisotopic (exact) mass is 271 g/mol. The van der Waals surface area contributed by atoms with Crippen molar-refractivity contribution >= 4 is 16.0 Å². The van der Waals surface area contributed by atoms with Gasteiger partial charge in [0.05, 0.1) is 10.5 Å². The summed E-state index contributed by atoms with van der Waals surface area (Å²) >= 11 is 0. The van der Waals surface area contributed by atoms with E-state index in [2.05, 4.69) is 4.72 Å². The first-order chi connectivity index (χ1) is 8.04. The van der Waals surface area contributed by atoms with Crippen molar-refractivity contribution in [2.24, 2.45) is 0 Å². The minimum Gasteiger partial charge on any atom is -0.478 e. The van der Waals surface area contributed by atoms with Crippen molar-refractivity contribution in [3.8, 4) is 0 Å². The van der Waals surface area contributed by atoms with Gasteiger partial charge in [-0.15, -0.1) is 0 Å². The van der Waals surface area contributed by atoms with Crippen molar-refractivity contribution in [1.29, 1.82) is 0 Å². The molecule has 0 aliphatic heterocycles. The van der Waals surface area contributed by atoms with Crippen LogP contribution in [-0.2, 0) is 10.0 Å². The highest BCUT2D eigenvalue weighted by atomic mass is 32.2. The van der Waals surface area contributed by atoms with Crippen molar-refractivity contribution in [2.45, 2.75) is 38.1 Å². The minimum atomic E-state index is -3.72. The molecule has 0 heterocycles. The first-order valence-corrected chi connectivity index (χ1v) is 6.90. The van der Waals surface area contributed by atoms with Crippen LogP contribution in [0, 0.1) is 6.92 Å². The fourth-order valence-corrected chi connectivity index (χ4v) is 3.28. The van der Waals surface area contributed by atoms with Gasteiger partial charge in [-0.05, 0) is 45.4 Å². The molecule has 0 unspecified atom stereocenters. The van der Waals surface area contributed by atoms with Gasteiger partial charge in [0.25, 0.3) is 0 Å². The van der Waals surface area contributed by atoms with E-state index in [1.807, 2.05) is 0 Å². The van der Waals surface area contributed by atoms with E-state index < -0.39 is 21.5 Å². The number of sulfonamides is 1. The lowest BCUT2D eigenvalue weighted by atomic mass is 10.1. The number of aromatic carboxylic acids is 1. The molecular formula is C12H17NO4S. The van der Waals surface area contributed by atoms with Gasteiger partial charge in [-0.25, -0.2) is 17.9 Å². The van der Waals surface area contributed by atoms with Gasteiger partial charge < -0.3 is 5.11 Å². The standard InChI is InChI=1S/C12H17NO4S/c1-8-9(11(14)15)6-5-7-10(8)18(16,17)13-12(2,3)4/h5-7,13H,1-4H3,(H,14,15). The highest BCUT2D eigenvalue weighted by Crippen LogP contribution is 2.20. The number of benzene rings is 1. The maximum absolute atomic E-state index is 12.1. The highest BCUT2D eigenvalue weighted by molar-refractivity contribution is 7.89. The largest absolute Gasteiger partial charge is 0.478 e. The van der Waals surface area contributed by atoms with Crippen LogP contribution in [0.15, 0.2) is 23.1 Å². The van der Waals surface area contributed by atoms with Crippen molar-refractivity contribution in [3.63, 3.8) is 0 Å². The Kier molecular flexibility index (Phi) is 3.83. The molecule has 5 nitrogen and oxygen atoms in total. The van der Waals surface area contributed by atoms with E-state index in [1.165, 1.54) is 25.1 Å². The Balaban J connectivity index is 3.35. The summed E-state index contributed by atoms with van der Waals surface area (Å²) in [6.45, 7) is 6.66. The molecule has 1 aromatic rings. The summed E-state index contributed by atoms with van der Waals surface area (Å²) in [4.78, 5) is 11.0. The lowest BCUT2D eigenvalue weighted by Gasteiger charge is -2.21. The molecule has 100 valence electrons. The molecule has 0 spiro atoms. The van der Waals surface area contributed by atoms with Crippen LogP contribution in [0.2, 0.25) is 0 Å². The number of rotatable bonds is 3. The number of nitrogens with one attached hydrogen (secondary N) is 1. The van der Waals surface area contributed by atoms with Gasteiger partial charge in [-0.2, -0.15) is 0 Å². The molecule has 2 N–H and O–H groups in total. The first-order valence-electron chi connectivity index (χ1n) is 5.41. The zero-order valence-corrected chi connectivity index (χ0v) is 11.6. The summed E-state index contributed by atoms with van der Waals surface area (Å²) in [5.41, 5.74) is -0.390. The fourth-order valence-electron chi connectivity index (χ4n) is 1.60. The fraction of sp³-hybridized carbons (Fsp3) is 0.417.